The van der Waals surface area contributed by atoms with Crippen LogP contribution in [0.15, 0.2) is 40.4 Å². The van der Waals surface area contributed by atoms with E-state index in [0.29, 0.717) is 24.0 Å². The van der Waals surface area contributed by atoms with Crippen LogP contribution in [0, 0.1) is 0 Å². The fraction of sp³-hybridized carbons (Fsp3) is 0.375. The smallest absolute Gasteiger partial charge is 0.341 e. The molecule has 0 unspecified atom stereocenters. The number of hydrogen-bond donors (Lipinski definition) is 2. The molecule has 1 fully saturated rings. The van der Waals surface area contributed by atoms with Crippen LogP contribution < -0.4 is 20.9 Å². The van der Waals surface area contributed by atoms with Crippen molar-refractivity contribution in [2.45, 2.75) is 51.7 Å². The van der Waals surface area contributed by atoms with Gasteiger partial charge < -0.3 is 20.6 Å². The number of aromatic nitrogens is 1. The van der Waals surface area contributed by atoms with Crippen molar-refractivity contribution in [1.29, 1.82) is 0 Å². The average Bonchev–Trinajstić information content (AvgIpc) is 2.71. The SMILES string of the molecule is COc1cc2c(cc1C(C=NC(C)C)=CN)CN(C1CCC1)n1cc(C(=O)O)c(=O)cc1-2. The Labute approximate surface area is 186 Å². The fourth-order valence-corrected chi connectivity index (χ4v) is 4.16. The maximum atomic E-state index is 12.5. The predicted molar refractivity (Wildman–Crippen MR) is 125 cm³/mol. The zero-order chi connectivity index (χ0) is 23.0. The Bertz CT molecular complexity index is 1180. The van der Waals surface area contributed by atoms with Gasteiger partial charge in [-0.1, -0.05) is 0 Å². The van der Waals surface area contributed by atoms with Gasteiger partial charge in [-0.15, -0.1) is 0 Å². The number of benzene rings is 1. The summed E-state index contributed by atoms with van der Waals surface area (Å²) in [5, 5.41) is 11.6. The minimum absolute atomic E-state index is 0.130. The monoisotopic (exact) mass is 436 g/mol. The quantitative estimate of drug-likeness (QED) is 0.674. The third-order valence-corrected chi connectivity index (χ3v) is 6.07. The van der Waals surface area contributed by atoms with Crippen molar-refractivity contribution in [3.63, 3.8) is 0 Å². The molecule has 8 heteroatoms. The molecule has 1 aliphatic carbocycles. The first-order chi connectivity index (χ1) is 15.3. The fourth-order valence-electron chi connectivity index (χ4n) is 4.16. The minimum Gasteiger partial charge on any atom is -0.496 e. The van der Waals surface area contributed by atoms with Gasteiger partial charge in [-0.2, -0.15) is 0 Å². The minimum atomic E-state index is -1.22. The van der Waals surface area contributed by atoms with E-state index < -0.39 is 11.4 Å². The van der Waals surface area contributed by atoms with Crippen molar-refractivity contribution in [3.8, 4) is 17.0 Å². The molecule has 32 heavy (non-hydrogen) atoms. The molecule has 168 valence electrons. The van der Waals surface area contributed by atoms with E-state index in [4.69, 9.17) is 10.5 Å². The molecule has 0 atom stereocenters. The summed E-state index contributed by atoms with van der Waals surface area (Å²) in [6, 6.07) is 5.76. The molecule has 3 N–H and O–H groups in total. The van der Waals surface area contributed by atoms with Crippen molar-refractivity contribution in [3.05, 3.63) is 57.5 Å². The summed E-state index contributed by atoms with van der Waals surface area (Å²) >= 11 is 0. The molecule has 0 radical (unpaired) electrons. The van der Waals surface area contributed by atoms with Crippen molar-refractivity contribution < 1.29 is 14.6 Å². The first kappa shape index (κ1) is 21.7. The Morgan fingerprint density at radius 1 is 1.28 bits per heavy atom. The summed E-state index contributed by atoms with van der Waals surface area (Å²) in [4.78, 5) is 28.6. The molecular weight excluding hydrogens is 408 g/mol. The lowest BCUT2D eigenvalue weighted by Crippen LogP contribution is -2.49. The van der Waals surface area contributed by atoms with E-state index in [1.54, 1.807) is 13.3 Å². The number of fused-ring (bicyclic) bond motifs is 3. The number of pyridine rings is 1. The van der Waals surface area contributed by atoms with Crippen molar-refractivity contribution in [2.24, 2.45) is 10.7 Å². The van der Waals surface area contributed by atoms with Crippen molar-refractivity contribution >= 4 is 17.8 Å². The van der Waals surface area contributed by atoms with Crippen LogP contribution >= 0.6 is 0 Å². The number of aromatic carboxylic acids is 1. The number of nitrogens with two attached hydrogens (primary N) is 1. The van der Waals surface area contributed by atoms with Crippen LogP contribution in [0.25, 0.3) is 16.8 Å². The topological polar surface area (TPSA) is 110 Å². The third-order valence-electron chi connectivity index (χ3n) is 6.07. The first-order valence-corrected chi connectivity index (χ1v) is 10.8. The standard InChI is InChI=1S/C24H28N4O4/c1-14(2)26-11-16(10-25)19-7-15-12-27(17-5-4-6-17)28-13-20(24(30)31)22(29)9-21(28)18(15)8-23(19)32-3/h7-11,13-14,17H,4-6,12,25H2,1-3H3,(H,30,31). The van der Waals surface area contributed by atoms with E-state index in [1.807, 2.05) is 30.7 Å². The van der Waals surface area contributed by atoms with Crippen LogP contribution in [0.5, 0.6) is 5.75 Å². The molecule has 1 aromatic carbocycles. The van der Waals surface area contributed by atoms with Gasteiger partial charge in [-0.25, -0.2) is 4.79 Å². The van der Waals surface area contributed by atoms with Crippen LogP contribution in [0.1, 0.15) is 54.6 Å². The number of carboxylic acid groups (broad SMARTS) is 1. The van der Waals surface area contributed by atoms with Gasteiger partial charge in [0.15, 0.2) is 5.43 Å². The molecule has 0 spiro atoms. The van der Waals surface area contributed by atoms with Gasteiger partial charge >= 0.3 is 5.97 Å². The van der Waals surface area contributed by atoms with E-state index in [0.717, 1.165) is 41.5 Å². The lowest BCUT2D eigenvalue weighted by atomic mass is 9.89. The zero-order valence-electron chi connectivity index (χ0n) is 18.5. The van der Waals surface area contributed by atoms with Crippen LogP contribution in [-0.4, -0.2) is 41.2 Å². The van der Waals surface area contributed by atoms with Gasteiger partial charge in [-0.05, 0) is 50.8 Å². The van der Waals surface area contributed by atoms with Crippen LogP contribution in [-0.2, 0) is 6.54 Å². The normalized spacial score (nSPS) is 16.1. The number of carboxylic acids is 1. The molecule has 0 saturated heterocycles. The number of methoxy groups -OCH3 is 1. The van der Waals surface area contributed by atoms with E-state index in [1.165, 1.54) is 18.5 Å². The maximum Gasteiger partial charge on any atom is 0.341 e. The van der Waals surface area contributed by atoms with Crippen molar-refractivity contribution in [2.75, 3.05) is 12.1 Å². The molecule has 1 aromatic heterocycles. The molecule has 8 nitrogen and oxygen atoms in total. The number of hydrogen-bond acceptors (Lipinski definition) is 6. The van der Waals surface area contributed by atoms with Gasteiger partial charge in [0.1, 0.15) is 11.3 Å². The summed E-state index contributed by atoms with van der Waals surface area (Å²) in [5.41, 5.74) is 9.26. The Morgan fingerprint density at radius 2 is 2.03 bits per heavy atom. The van der Waals surface area contributed by atoms with E-state index in [-0.39, 0.29) is 11.6 Å². The summed E-state index contributed by atoms with van der Waals surface area (Å²) in [6.45, 7) is 4.57. The van der Waals surface area contributed by atoms with Crippen LogP contribution in [0.2, 0.25) is 0 Å². The second-order valence-corrected chi connectivity index (χ2v) is 8.47. The Morgan fingerprint density at radius 3 is 2.59 bits per heavy atom. The predicted octanol–water partition coefficient (Wildman–Crippen LogP) is 3.01. The maximum absolute atomic E-state index is 12.5. The molecule has 2 aromatic rings. The number of ether oxygens (including phenoxy) is 1. The largest absolute Gasteiger partial charge is 0.496 e. The van der Waals surface area contributed by atoms with Crippen molar-refractivity contribution in [1.82, 2.24) is 4.68 Å². The number of allylic oxidation sites excluding steroid dienone is 1. The van der Waals surface area contributed by atoms with Gasteiger partial charge in [0, 0.05) is 53.5 Å². The molecule has 1 saturated carbocycles. The van der Waals surface area contributed by atoms with Gasteiger partial charge in [-0.3, -0.25) is 14.5 Å². The summed E-state index contributed by atoms with van der Waals surface area (Å²) < 4.78 is 7.49. The summed E-state index contributed by atoms with van der Waals surface area (Å²) in [5.74, 6) is -0.617. The molecule has 2 heterocycles. The highest BCUT2D eigenvalue weighted by molar-refractivity contribution is 6.11. The molecule has 0 amide bonds. The Kier molecular flexibility index (Phi) is 5.78. The van der Waals surface area contributed by atoms with E-state index in [2.05, 4.69) is 10.0 Å². The molecule has 2 aliphatic rings. The second kappa shape index (κ2) is 8.53. The van der Waals surface area contributed by atoms with Crippen LogP contribution in [0.4, 0.5) is 0 Å². The lowest BCUT2D eigenvalue weighted by molar-refractivity contribution is 0.0694. The van der Waals surface area contributed by atoms with E-state index >= 15 is 0 Å². The second-order valence-electron chi connectivity index (χ2n) is 8.47. The average molecular weight is 437 g/mol. The summed E-state index contributed by atoms with van der Waals surface area (Å²) in [6.07, 6.45) is 7.90. The van der Waals surface area contributed by atoms with Crippen LogP contribution in [0.3, 0.4) is 0 Å². The zero-order valence-corrected chi connectivity index (χ0v) is 18.5. The molecule has 0 bridgehead atoms. The molecular formula is C24H28N4O4. The van der Waals surface area contributed by atoms with E-state index in [9.17, 15) is 14.7 Å². The number of rotatable bonds is 6. The Hall–Kier alpha value is -3.55. The van der Waals surface area contributed by atoms with Gasteiger partial charge in [0.05, 0.1) is 19.3 Å². The molecule has 1 aliphatic heterocycles. The lowest BCUT2D eigenvalue weighted by Gasteiger charge is -2.44. The Balaban J connectivity index is 1.91. The number of carbonyl (C=O) groups is 1. The highest BCUT2D eigenvalue weighted by Gasteiger charge is 2.32. The highest BCUT2D eigenvalue weighted by atomic mass is 16.5. The summed E-state index contributed by atoms with van der Waals surface area (Å²) in [7, 11) is 1.59. The number of nitrogens with zero attached hydrogens (tertiary/aromatic N) is 3. The first-order valence-electron chi connectivity index (χ1n) is 10.8. The number of aliphatic imine (C=N–C) groups is 1. The third kappa shape index (κ3) is 3.77. The highest BCUT2D eigenvalue weighted by Crippen LogP contribution is 2.39. The van der Waals surface area contributed by atoms with Gasteiger partial charge in [0.2, 0.25) is 0 Å². The van der Waals surface area contributed by atoms with Gasteiger partial charge in [0.25, 0.3) is 0 Å². The molecule has 4 rings (SSSR count).